The quantitative estimate of drug-likeness (QED) is 0.328. The van der Waals surface area contributed by atoms with Crippen LogP contribution >= 0.6 is 0 Å². The predicted molar refractivity (Wildman–Crippen MR) is 163 cm³/mol. The van der Waals surface area contributed by atoms with E-state index in [1.54, 1.807) is 28.0 Å². The molecule has 1 aromatic heterocycles. The number of amides is 3. The fourth-order valence-electron chi connectivity index (χ4n) is 5.94. The second-order valence-electron chi connectivity index (χ2n) is 11.5. The molecule has 3 aliphatic heterocycles. The van der Waals surface area contributed by atoms with Gasteiger partial charge in [0.1, 0.15) is 17.5 Å². The molecule has 2 N–H and O–H groups in total. The van der Waals surface area contributed by atoms with Gasteiger partial charge in [-0.05, 0) is 49.1 Å². The molecule has 1 unspecified atom stereocenters. The number of anilines is 2. The third-order valence-corrected chi connectivity index (χ3v) is 8.43. The number of halogens is 5. The normalized spacial score (nSPS) is 18.8. The van der Waals surface area contributed by atoms with Gasteiger partial charge in [-0.25, -0.2) is 18.6 Å². The standard InChI is InChI=1S/C32H32F5N7O3/c33-22-9-7-20(8-10-22)21-4-3-13-44(19-21)31-41-28(32(35,36)37)27(47-31)29(45)39-23-11-12-26(38-18-23)42-14-16-43(17-15-42)30(46)40-25-6-2-1-5-24(25)34/h1-2,5-10,18,21H,3-4,11-17,19H2,(H,39,45)(H,40,46). The number of nitrogens with one attached hydrogen (secondary N) is 2. The molecule has 15 heteroatoms. The van der Waals surface area contributed by atoms with E-state index in [-0.39, 0.29) is 23.4 Å². The number of carbonyl (C=O) groups excluding carboxylic acids is 2. The molecule has 2 aromatic carbocycles. The number of hydrogen-bond acceptors (Lipinski definition) is 7. The second kappa shape index (κ2) is 13.4. The van der Waals surface area contributed by atoms with Crippen LogP contribution < -0.4 is 15.5 Å². The maximum absolute atomic E-state index is 14.0. The van der Waals surface area contributed by atoms with E-state index in [0.717, 1.165) is 17.8 Å². The van der Waals surface area contributed by atoms with Crippen LogP contribution in [0.25, 0.3) is 0 Å². The minimum absolute atomic E-state index is 0.0682. The van der Waals surface area contributed by atoms with Crippen molar-refractivity contribution in [1.82, 2.24) is 20.1 Å². The summed E-state index contributed by atoms with van der Waals surface area (Å²) >= 11 is 0. The van der Waals surface area contributed by atoms with E-state index >= 15 is 0 Å². The van der Waals surface area contributed by atoms with Gasteiger partial charge in [-0.2, -0.15) is 18.2 Å². The van der Waals surface area contributed by atoms with E-state index in [9.17, 15) is 31.5 Å². The highest BCUT2D eigenvalue weighted by Crippen LogP contribution is 2.36. The van der Waals surface area contributed by atoms with Gasteiger partial charge in [-0.15, -0.1) is 0 Å². The Morgan fingerprint density at radius 1 is 0.894 bits per heavy atom. The molecule has 0 spiro atoms. The van der Waals surface area contributed by atoms with Gasteiger partial charge in [0.25, 0.3) is 11.9 Å². The highest BCUT2D eigenvalue weighted by Gasteiger charge is 2.42. The number of aromatic nitrogens is 1. The van der Waals surface area contributed by atoms with Crippen LogP contribution in [0.15, 0.2) is 69.8 Å². The number of amidine groups is 1. The van der Waals surface area contributed by atoms with Crippen molar-refractivity contribution in [1.29, 1.82) is 0 Å². The van der Waals surface area contributed by atoms with Crippen molar-refractivity contribution < 1.29 is 36.0 Å². The molecule has 3 aromatic rings. The van der Waals surface area contributed by atoms with Gasteiger partial charge < -0.3 is 29.8 Å². The lowest BCUT2D eigenvalue weighted by Crippen LogP contribution is -2.52. The first-order valence-corrected chi connectivity index (χ1v) is 15.3. The van der Waals surface area contributed by atoms with Gasteiger partial charge in [-0.1, -0.05) is 24.3 Å². The third kappa shape index (κ3) is 7.39. The van der Waals surface area contributed by atoms with Crippen molar-refractivity contribution in [2.75, 3.05) is 49.5 Å². The van der Waals surface area contributed by atoms with E-state index in [0.29, 0.717) is 64.2 Å². The molecule has 3 aliphatic rings. The number of carbonyl (C=O) groups is 2. The number of allylic oxidation sites excluding steroid dienone is 1. The molecule has 2 saturated heterocycles. The summed E-state index contributed by atoms with van der Waals surface area (Å²) in [5.74, 6) is -2.27. The molecule has 2 fully saturated rings. The number of hydrogen-bond donors (Lipinski definition) is 2. The summed E-state index contributed by atoms with van der Waals surface area (Å²) in [5, 5.41) is 5.07. The summed E-state index contributed by atoms with van der Waals surface area (Å²) in [6.07, 6.45) is -1.39. The van der Waals surface area contributed by atoms with E-state index in [1.807, 2.05) is 4.90 Å². The topological polar surface area (TPSA) is 106 Å². The molecule has 0 bridgehead atoms. The lowest BCUT2D eigenvalue weighted by molar-refractivity contribution is -0.141. The van der Waals surface area contributed by atoms with Crippen LogP contribution in [0.1, 0.15) is 53.4 Å². The number of alkyl halides is 3. The summed E-state index contributed by atoms with van der Waals surface area (Å²) in [6.45, 7) is 2.41. The van der Waals surface area contributed by atoms with Crippen LogP contribution in [0.2, 0.25) is 0 Å². The first-order valence-electron chi connectivity index (χ1n) is 15.3. The molecule has 0 radical (unpaired) electrons. The summed E-state index contributed by atoms with van der Waals surface area (Å²) < 4.78 is 74.7. The summed E-state index contributed by atoms with van der Waals surface area (Å²) in [6, 6.07) is 11.2. The fourth-order valence-corrected chi connectivity index (χ4v) is 5.94. The Kier molecular flexibility index (Phi) is 9.14. The number of benzene rings is 2. The second-order valence-corrected chi connectivity index (χ2v) is 11.5. The lowest BCUT2D eigenvalue weighted by Gasteiger charge is -2.37. The molecule has 47 heavy (non-hydrogen) atoms. The van der Waals surface area contributed by atoms with Gasteiger partial charge >= 0.3 is 12.2 Å². The van der Waals surface area contributed by atoms with Crippen LogP contribution in [-0.2, 0) is 6.18 Å². The monoisotopic (exact) mass is 657 g/mol. The Hall–Kier alpha value is -4.95. The molecule has 0 aliphatic carbocycles. The zero-order chi connectivity index (χ0) is 33.1. The molecule has 4 heterocycles. The molecular weight excluding hydrogens is 625 g/mol. The number of nitrogens with zero attached hydrogens (tertiary/aromatic N) is 5. The van der Waals surface area contributed by atoms with Gasteiger partial charge in [0, 0.05) is 63.5 Å². The maximum atomic E-state index is 14.0. The van der Waals surface area contributed by atoms with Gasteiger partial charge in [0.2, 0.25) is 5.76 Å². The number of piperidine rings is 1. The average Bonchev–Trinajstić information content (AvgIpc) is 3.54. The smallest absolute Gasteiger partial charge is 0.417 e. The minimum atomic E-state index is -4.93. The SMILES string of the molecule is O=C(NC1=CN=C(N2CCN(C(=O)Nc3ccccc3F)CC2)CC1)c1oc(N2CCCC(c3ccc(F)cc3)C2)nc1C(F)(F)F. The van der Waals surface area contributed by atoms with Crippen molar-refractivity contribution in [2.24, 2.45) is 4.99 Å². The Morgan fingerprint density at radius 2 is 1.64 bits per heavy atom. The van der Waals surface area contributed by atoms with E-state index in [1.165, 1.54) is 36.5 Å². The first-order chi connectivity index (χ1) is 22.5. The Balaban J connectivity index is 1.07. The average molecular weight is 658 g/mol. The van der Waals surface area contributed by atoms with Crippen molar-refractivity contribution in [3.63, 3.8) is 0 Å². The first kappa shape index (κ1) is 32.0. The van der Waals surface area contributed by atoms with Crippen molar-refractivity contribution in [3.8, 4) is 0 Å². The number of aliphatic imine (C=N–C) groups is 1. The number of para-hydroxylation sites is 1. The Morgan fingerprint density at radius 3 is 2.32 bits per heavy atom. The number of rotatable bonds is 5. The molecule has 6 rings (SSSR count). The van der Waals surface area contributed by atoms with Crippen LogP contribution in [-0.4, -0.2) is 71.8 Å². The Bertz CT molecular complexity index is 1680. The van der Waals surface area contributed by atoms with Crippen molar-refractivity contribution in [3.05, 3.63) is 89.1 Å². The molecule has 248 valence electrons. The summed E-state index contributed by atoms with van der Waals surface area (Å²) in [7, 11) is 0. The van der Waals surface area contributed by atoms with E-state index in [2.05, 4.69) is 20.6 Å². The Labute approximate surface area is 266 Å². The third-order valence-electron chi connectivity index (χ3n) is 8.43. The van der Waals surface area contributed by atoms with Crippen LogP contribution in [0.5, 0.6) is 0 Å². The van der Waals surface area contributed by atoms with Gasteiger partial charge in [-0.3, -0.25) is 4.79 Å². The number of piperazine rings is 1. The summed E-state index contributed by atoms with van der Waals surface area (Å²) in [4.78, 5) is 38.9. The predicted octanol–water partition coefficient (Wildman–Crippen LogP) is 5.97. The number of oxazole rings is 1. The molecule has 10 nitrogen and oxygen atoms in total. The van der Waals surface area contributed by atoms with Crippen LogP contribution in [0, 0.1) is 11.6 Å². The number of urea groups is 1. The van der Waals surface area contributed by atoms with Crippen LogP contribution in [0.3, 0.4) is 0 Å². The molecular formula is C32H32F5N7O3. The minimum Gasteiger partial charge on any atom is -0.417 e. The lowest BCUT2D eigenvalue weighted by atomic mass is 9.91. The van der Waals surface area contributed by atoms with Gasteiger partial charge in [0.15, 0.2) is 5.69 Å². The van der Waals surface area contributed by atoms with E-state index < -0.39 is 35.4 Å². The largest absolute Gasteiger partial charge is 0.437 e. The molecule has 1 atom stereocenters. The molecule has 3 amide bonds. The van der Waals surface area contributed by atoms with E-state index in [4.69, 9.17) is 4.42 Å². The van der Waals surface area contributed by atoms with Crippen molar-refractivity contribution >= 4 is 29.5 Å². The van der Waals surface area contributed by atoms with Crippen LogP contribution in [0.4, 0.5) is 38.4 Å². The highest BCUT2D eigenvalue weighted by molar-refractivity contribution is 5.94. The summed E-state index contributed by atoms with van der Waals surface area (Å²) in [5.41, 5.74) is -0.136. The fraction of sp³-hybridized carbons (Fsp3) is 0.375. The molecule has 0 saturated carbocycles. The zero-order valence-electron chi connectivity index (χ0n) is 25.2. The van der Waals surface area contributed by atoms with Gasteiger partial charge in [0.05, 0.1) is 5.69 Å². The highest BCUT2D eigenvalue weighted by atomic mass is 19.4. The maximum Gasteiger partial charge on any atom is 0.437 e. The van der Waals surface area contributed by atoms with Crippen molar-refractivity contribution in [2.45, 2.75) is 37.8 Å². The zero-order valence-corrected chi connectivity index (χ0v) is 25.2.